The van der Waals surface area contributed by atoms with Crippen molar-refractivity contribution in [3.63, 3.8) is 0 Å². The van der Waals surface area contributed by atoms with E-state index in [9.17, 15) is 10.2 Å². The van der Waals surface area contributed by atoms with Gasteiger partial charge in [-0.3, -0.25) is 0 Å². The number of aromatic nitrogens is 1. The molecule has 2 aromatic carbocycles. The molecule has 2 atom stereocenters. The minimum atomic E-state index is -0.911. The number of nitrogens with zero attached hydrogens (tertiary/aromatic N) is 2. The third kappa shape index (κ3) is 3.50. The summed E-state index contributed by atoms with van der Waals surface area (Å²) in [6.07, 6.45) is 1.69. The number of aliphatic hydroxyl groups is 3. The minimum absolute atomic E-state index is 0.0208. The lowest BCUT2D eigenvalue weighted by molar-refractivity contribution is 0.0536. The Labute approximate surface area is 162 Å². The zero-order chi connectivity index (χ0) is 19.5. The number of benzene rings is 2. The van der Waals surface area contributed by atoms with E-state index in [2.05, 4.69) is 10.3 Å². The molecule has 144 valence electrons. The normalized spacial score (nSPS) is 16.3. The molecule has 0 fully saturated rings. The van der Waals surface area contributed by atoms with Crippen molar-refractivity contribution in [3.05, 3.63) is 66.4 Å². The van der Waals surface area contributed by atoms with Crippen LogP contribution in [0.1, 0.15) is 11.8 Å². The minimum Gasteiger partial charge on any atom is -0.491 e. The van der Waals surface area contributed by atoms with Crippen molar-refractivity contribution >= 4 is 12.2 Å². The number of hydrogen-bond donors (Lipinski definition) is 4. The molecule has 0 saturated carbocycles. The Bertz CT molecular complexity index is 967. The highest BCUT2D eigenvalue weighted by Crippen LogP contribution is 2.40. The fourth-order valence-electron chi connectivity index (χ4n) is 3.15. The van der Waals surface area contributed by atoms with Crippen LogP contribution in [0.5, 0.6) is 5.75 Å². The monoisotopic (exact) mass is 379 g/mol. The zero-order valence-corrected chi connectivity index (χ0v) is 15.1. The summed E-state index contributed by atoms with van der Waals surface area (Å²) in [7, 11) is 0. The Morgan fingerprint density at radius 3 is 2.57 bits per heavy atom. The summed E-state index contributed by atoms with van der Waals surface area (Å²) in [5.41, 5.74) is 3.42. The molecule has 0 bridgehead atoms. The number of nitrogens with one attached hydrogen (secondary N) is 1. The predicted octanol–water partition coefficient (Wildman–Crippen LogP) is 2.13. The second-order valence-electron chi connectivity index (χ2n) is 6.48. The van der Waals surface area contributed by atoms with Gasteiger partial charge >= 0.3 is 0 Å². The number of fused-ring (bicyclic) bond motifs is 1. The maximum absolute atomic E-state index is 10.5. The van der Waals surface area contributed by atoms with Crippen molar-refractivity contribution in [1.82, 2.24) is 9.88 Å². The van der Waals surface area contributed by atoms with Crippen LogP contribution in [0.3, 0.4) is 0 Å². The molecule has 3 aromatic rings. The molecule has 1 aliphatic rings. The molecule has 7 nitrogen and oxygen atoms in total. The van der Waals surface area contributed by atoms with Gasteiger partial charge in [0.05, 0.1) is 18.5 Å². The third-order valence-corrected chi connectivity index (χ3v) is 4.56. The Kier molecular flexibility index (Phi) is 5.12. The van der Waals surface area contributed by atoms with Gasteiger partial charge in [0.2, 0.25) is 0 Å². The van der Waals surface area contributed by atoms with Gasteiger partial charge in [0, 0.05) is 17.4 Å². The molecule has 0 spiro atoms. The number of aliphatic imine (C=N–C) groups is 1. The molecule has 4 N–H and O–H groups in total. The van der Waals surface area contributed by atoms with E-state index in [1.165, 1.54) is 6.34 Å². The van der Waals surface area contributed by atoms with Gasteiger partial charge in [0.1, 0.15) is 24.3 Å². The van der Waals surface area contributed by atoms with E-state index >= 15 is 0 Å². The van der Waals surface area contributed by atoms with E-state index < -0.39 is 12.3 Å². The lowest BCUT2D eigenvalue weighted by Crippen LogP contribution is -2.22. The van der Waals surface area contributed by atoms with Gasteiger partial charge in [0.15, 0.2) is 6.23 Å². The molecule has 0 amide bonds. The maximum Gasteiger partial charge on any atom is 0.155 e. The van der Waals surface area contributed by atoms with Crippen LogP contribution in [0.25, 0.3) is 16.8 Å². The van der Waals surface area contributed by atoms with Crippen molar-refractivity contribution in [2.24, 2.45) is 4.99 Å². The molecule has 0 aliphatic carbocycles. The van der Waals surface area contributed by atoms with Crippen molar-refractivity contribution in [1.29, 1.82) is 0 Å². The highest BCUT2D eigenvalue weighted by atomic mass is 16.5. The van der Waals surface area contributed by atoms with Gasteiger partial charge in [-0.05, 0) is 29.8 Å². The summed E-state index contributed by atoms with van der Waals surface area (Å²) in [6.45, 7) is -0.324. The van der Waals surface area contributed by atoms with Crippen molar-refractivity contribution in [3.8, 4) is 22.6 Å². The summed E-state index contributed by atoms with van der Waals surface area (Å²) < 4.78 is 7.41. The SMILES string of the molecule is OCC(O)COc1ccc(-c2cn(-c3ccccc3)c3c2C(O)NC=N3)cc1. The third-order valence-electron chi connectivity index (χ3n) is 4.56. The lowest BCUT2D eigenvalue weighted by Gasteiger charge is -2.18. The van der Waals surface area contributed by atoms with Gasteiger partial charge in [-0.1, -0.05) is 30.3 Å². The molecular formula is C21H21N3O4. The highest BCUT2D eigenvalue weighted by Gasteiger charge is 2.25. The molecule has 4 rings (SSSR count). The standard InChI is InChI=1S/C21H21N3O4/c25-11-16(26)12-28-17-8-6-14(7-9-17)18-10-24(15-4-2-1-3-5-15)20-19(18)21(27)23-13-22-20/h1-10,13,16,21,25-27H,11-12H2,(H,22,23). The summed E-state index contributed by atoms with van der Waals surface area (Å²) in [6, 6.07) is 17.2. The first-order chi connectivity index (χ1) is 13.7. The van der Waals surface area contributed by atoms with Crippen LogP contribution in [-0.2, 0) is 0 Å². The van der Waals surface area contributed by atoms with Gasteiger partial charge < -0.3 is 29.9 Å². The van der Waals surface area contributed by atoms with Gasteiger partial charge in [-0.15, -0.1) is 0 Å². The topological polar surface area (TPSA) is 99.2 Å². The van der Waals surface area contributed by atoms with E-state index in [4.69, 9.17) is 9.84 Å². The van der Waals surface area contributed by atoms with Crippen molar-refractivity contribution in [2.75, 3.05) is 13.2 Å². The van der Waals surface area contributed by atoms with Gasteiger partial charge in [-0.2, -0.15) is 0 Å². The molecular weight excluding hydrogens is 358 g/mol. The number of hydrogen-bond acceptors (Lipinski definition) is 6. The Balaban J connectivity index is 1.70. The second-order valence-corrected chi connectivity index (χ2v) is 6.48. The van der Waals surface area contributed by atoms with Crippen molar-refractivity contribution in [2.45, 2.75) is 12.3 Å². The van der Waals surface area contributed by atoms with Crippen LogP contribution in [0.4, 0.5) is 5.82 Å². The van der Waals surface area contributed by atoms with Gasteiger partial charge in [0.25, 0.3) is 0 Å². The molecule has 1 aromatic heterocycles. The zero-order valence-electron chi connectivity index (χ0n) is 15.1. The quantitative estimate of drug-likeness (QED) is 0.526. The van der Waals surface area contributed by atoms with E-state index in [-0.39, 0.29) is 13.2 Å². The fourth-order valence-corrected chi connectivity index (χ4v) is 3.15. The number of para-hydroxylation sites is 1. The molecule has 1 aliphatic heterocycles. The molecule has 0 saturated heterocycles. The Hall–Kier alpha value is -3.13. The Morgan fingerprint density at radius 2 is 1.86 bits per heavy atom. The molecule has 2 heterocycles. The maximum atomic E-state index is 10.5. The smallest absolute Gasteiger partial charge is 0.155 e. The van der Waals surface area contributed by atoms with Crippen LogP contribution < -0.4 is 10.1 Å². The lowest BCUT2D eigenvalue weighted by atomic mass is 10.0. The van der Waals surface area contributed by atoms with E-state index in [1.54, 1.807) is 12.1 Å². The predicted molar refractivity (Wildman–Crippen MR) is 106 cm³/mol. The molecule has 2 unspecified atom stereocenters. The van der Waals surface area contributed by atoms with Crippen LogP contribution in [-0.4, -0.2) is 45.5 Å². The van der Waals surface area contributed by atoms with Crippen molar-refractivity contribution < 1.29 is 20.1 Å². The van der Waals surface area contributed by atoms with E-state index in [1.807, 2.05) is 53.2 Å². The summed E-state index contributed by atoms with van der Waals surface area (Å²) in [4.78, 5) is 4.43. The largest absolute Gasteiger partial charge is 0.491 e. The van der Waals surface area contributed by atoms with E-state index in [0.29, 0.717) is 17.1 Å². The first kappa shape index (κ1) is 18.2. The average Bonchev–Trinajstić information content (AvgIpc) is 3.14. The van der Waals surface area contributed by atoms with Gasteiger partial charge in [-0.25, -0.2) is 4.99 Å². The Morgan fingerprint density at radius 1 is 1.11 bits per heavy atom. The number of aliphatic hydroxyl groups excluding tert-OH is 3. The molecule has 28 heavy (non-hydrogen) atoms. The second kappa shape index (κ2) is 7.85. The number of ether oxygens (including phenoxy) is 1. The van der Waals surface area contributed by atoms with E-state index in [0.717, 1.165) is 16.8 Å². The first-order valence-electron chi connectivity index (χ1n) is 8.97. The van der Waals surface area contributed by atoms with Crippen LogP contribution in [0, 0.1) is 0 Å². The fraction of sp³-hybridized carbons (Fsp3) is 0.190. The van der Waals surface area contributed by atoms with Crippen LogP contribution in [0.15, 0.2) is 65.8 Å². The highest BCUT2D eigenvalue weighted by molar-refractivity contribution is 5.79. The van der Waals surface area contributed by atoms with Crippen LogP contribution >= 0.6 is 0 Å². The average molecular weight is 379 g/mol. The summed E-state index contributed by atoms with van der Waals surface area (Å²) in [5.74, 6) is 1.27. The molecule has 0 radical (unpaired) electrons. The van der Waals surface area contributed by atoms with Crippen LogP contribution in [0.2, 0.25) is 0 Å². The first-order valence-corrected chi connectivity index (χ1v) is 8.97. The number of rotatable bonds is 6. The molecule has 7 heteroatoms. The summed E-state index contributed by atoms with van der Waals surface area (Å²) >= 11 is 0. The summed E-state index contributed by atoms with van der Waals surface area (Å²) in [5, 5.41) is 31.6.